The molecule has 0 bridgehead atoms. The van der Waals surface area contributed by atoms with Crippen molar-refractivity contribution in [2.24, 2.45) is 0 Å². The lowest BCUT2D eigenvalue weighted by atomic mass is 10.1. The van der Waals surface area contributed by atoms with Crippen LogP contribution in [0.3, 0.4) is 0 Å². The zero-order valence-corrected chi connectivity index (χ0v) is 13.4. The van der Waals surface area contributed by atoms with E-state index in [2.05, 4.69) is 20.9 Å². The van der Waals surface area contributed by atoms with Crippen molar-refractivity contribution in [2.45, 2.75) is 6.92 Å². The average Bonchev–Trinajstić information content (AvgIpc) is 3.01. The van der Waals surface area contributed by atoms with Crippen molar-refractivity contribution in [3.63, 3.8) is 0 Å². The highest BCUT2D eigenvalue weighted by Gasteiger charge is 2.17. The quantitative estimate of drug-likeness (QED) is 0.705. The Morgan fingerprint density at radius 2 is 2.15 bits per heavy atom. The number of fused-ring (bicyclic) bond motifs is 1. The largest absolute Gasteiger partial charge is 0.497 e. The van der Waals surface area contributed by atoms with Gasteiger partial charge in [0.2, 0.25) is 5.78 Å². The van der Waals surface area contributed by atoms with E-state index in [0.717, 1.165) is 30.9 Å². The Morgan fingerprint density at radius 3 is 2.80 bits per heavy atom. The van der Waals surface area contributed by atoms with Gasteiger partial charge in [-0.05, 0) is 52.7 Å². The standard InChI is InChI=1S/C15H12BrNO2S/c1-8-5-13(20-15(8)16)14(18)11-7-17-12-4-3-9(19-2)6-10(11)12/h3-7,17H,1-2H3. The van der Waals surface area contributed by atoms with Crippen LogP contribution in [0.25, 0.3) is 10.9 Å². The second kappa shape index (κ2) is 5.07. The molecule has 2 heterocycles. The Bertz CT molecular complexity index is 784. The maximum absolute atomic E-state index is 12.6. The van der Waals surface area contributed by atoms with Crippen LogP contribution in [0.15, 0.2) is 34.2 Å². The molecule has 0 unspecified atom stereocenters. The number of aromatic nitrogens is 1. The summed E-state index contributed by atoms with van der Waals surface area (Å²) in [5.41, 5.74) is 2.69. The fourth-order valence-electron chi connectivity index (χ4n) is 2.12. The minimum absolute atomic E-state index is 0.0308. The molecule has 3 nitrogen and oxygen atoms in total. The molecule has 0 saturated heterocycles. The summed E-state index contributed by atoms with van der Waals surface area (Å²) in [5.74, 6) is 0.776. The molecule has 20 heavy (non-hydrogen) atoms. The second-order valence-electron chi connectivity index (χ2n) is 4.51. The minimum Gasteiger partial charge on any atom is -0.497 e. The minimum atomic E-state index is 0.0308. The zero-order valence-electron chi connectivity index (χ0n) is 11.0. The van der Waals surface area contributed by atoms with Gasteiger partial charge < -0.3 is 9.72 Å². The third-order valence-electron chi connectivity index (χ3n) is 3.21. The van der Waals surface area contributed by atoms with Gasteiger partial charge in [-0.1, -0.05) is 0 Å². The molecular weight excluding hydrogens is 338 g/mol. The Labute approximate surface area is 128 Å². The molecule has 1 aromatic carbocycles. The summed E-state index contributed by atoms with van der Waals surface area (Å²) in [6.45, 7) is 1.98. The molecular formula is C15H12BrNO2S. The van der Waals surface area contributed by atoms with Crippen molar-refractivity contribution in [3.8, 4) is 5.75 Å². The highest BCUT2D eigenvalue weighted by Crippen LogP contribution is 2.31. The number of hydrogen-bond donors (Lipinski definition) is 1. The van der Waals surface area contributed by atoms with Crippen molar-refractivity contribution >= 4 is 44.0 Å². The second-order valence-corrected chi connectivity index (χ2v) is 6.88. The number of carbonyl (C=O) groups is 1. The number of methoxy groups -OCH3 is 1. The van der Waals surface area contributed by atoms with Gasteiger partial charge in [0.1, 0.15) is 5.75 Å². The van der Waals surface area contributed by atoms with Crippen molar-refractivity contribution < 1.29 is 9.53 Å². The Morgan fingerprint density at radius 1 is 1.35 bits per heavy atom. The number of aromatic amines is 1. The molecule has 3 rings (SSSR count). The van der Waals surface area contributed by atoms with Crippen LogP contribution in [-0.4, -0.2) is 17.9 Å². The monoisotopic (exact) mass is 349 g/mol. The molecule has 3 aromatic rings. The van der Waals surface area contributed by atoms with Gasteiger partial charge in [-0.2, -0.15) is 0 Å². The molecule has 0 amide bonds. The number of hydrogen-bond acceptors (Lipinski definition) is 3. The summed E-state index contributed by atoms with van der Waals surface area (Å²) in [6.07, 6.45) is 1.76. The Balaban J connectivity index is 2.11. The average molecular weight is 350 g/mol. The van der Waals surface area contributed by atoms with E-state index in [1.54, 1.807) is 13.3 Å². The molecule has 2 aromatic heterocycles. The highest BCUT2D eigenvalue weighted by atomic mass is 79.9. The number of benzene rings is 1. The van der Waals surface area contributed by atoms with Crippen LogP contribution < -0.4 is 4.74 Å². The number of carbonyl (C=O) groups excluding carboxylic acids is 1. The Hall–Kier alpha value is -1.59. The smallest absolute Gasteiger partial charge is 0.205 e. The van der Waals surface area contributed by atoms with E-state index in [0.29, 0.717) is 5.56 Å². The number of H-pyrrole nitrogens is 1. The topological polar surface area (TPSA) is 42.1 Å². The number of ether oxygens (including phenoxy) is 1. The fraction of sp³-hybridized carbons (Fsp3) is 0.133. The third kappa shape index (κ3) is 2.17. The van der Waals surface area contributed by atoms with Crippen LogP contribution in [0, 0.1) is 6.92 Å². The van der Waals surface area contributed by atoms with E-state index >= 15 is 0 Å². The van der Waals surface area contributed by atoms with Gasteiger partial charge in [0.15, 0.2) is 0 Å². The first-order valence-corrected chi connectivity index (χ1v) is 7.67. The number of aryl methyl sites for hydroxylation is 1. The van der Waals surface area contributed by atoms with Gasteiger partial charge in [0.25, 0.3) is 0 Å². The third-order valence-corrected chi connectivity index (χ3v) is 5.35. The van der Waals surface area contributed by atoms with E-state index in [9.17, 15) is 4.79 Å². The molecule has 0 aliphatic carbocycles. The van der Waals surface area contributed by atoms with E-state index in [1.807, 2.05) is 31.2 Å². The lowest BCUT2D eigenvalue weighted by molar-refractivity contribution is 0.104. The molecule has 5 heteroatoms. The van der Waals surface area contributed by atoms with Gasteiger partial charge in [-0.3, -0.25) is 4.79 Å². The maximum Gasteiger partial charge on any atom is 0.205 e. The van der Waals surface area contributed by atoms with Crippen molar-refractivity contribution in [1.29, 1.82) is 0 Å². The molecule has 0 aliphatic rings. The van der Waals surface area contributed by atoms with E-state index in [1.165, 1.54) is 11.3 Å². The van der Waals surface area contributed by atoms with Gasteiger partial charge in [-0.15, -0.1) is 11.3 Å². The SMILES string of the molecule is COc1ccc2[nH]cc(C(=O)c3cc(C)c(Br)s3)c2c1. The molecule has 0 saturated carbocycles. The number of thiophene rings is 1. The number of halogens is 1. The highest BCUT2D eigenvalue weighted by molar-refractivity contribution is 9.11. The van der Waals surface area contributed by atoms with Gasteiger partial charge in [0, 0.05) is 22.7 Å². The van der Waals surface area contributed by atoms with Crippen molar-refractivity contribution in [2.75, 3.05) is 7.11 Å². The summed E-state index contributed by atoms with van der Waals surface area (Å²) in [5, 5.41) is 0.886. The summed E-state index contributed by atoms with van der Waals surface area (Å²) in [4.78, 5) is 16.5. The Kier molecular flexibility index (Phi) is 3.40. The number of ketones is 1. The summed E-state index contributed by atoms with van der Waals surface area (Å²) >= 11 is 4.92. The first-order valence-electron chi connectivity index (χ1n) is 6.06. The summed E-state index contributed by atoms with van der Waals surface area (Å²) in [7, 11) is 1.62. The molecule has 0 atom stereocenters. The molecule has 0 radical (unpaired) electrons. The van der Waals surface area contributed by atoms with Crippen LogP contribution in [0.1, 0.15) is 20.8 Å². The molecule has 1 N–H and O–H groups in total. The first kappa shape index (κ1) is 13.4. The first-order chi connectivity index (χ1) is 9.60. The van der Waals surface area contributed by atoms with Crippen molar-refractivity contribution in [1.82, 2.24) is 4.98 Å². The maximum atomic E-state index is 12.6. The predicted molar refractivity (Wildman–Crippen MR) is 85.0 cm³/mol. The fourth-order valence-corrected chi connectivity index (χ4v) is 3.61. The van der Waals surface area contributed by atoms with Crippen LogP contribution >= 0.6 is 27.3 Å². The summed E-state index contributed by atoms with van der Waals surface area (Å²) in [6, 6.07) is 7.59. The van der Waals surface area contributed by atoms with Crippen LogP contribution in [0.2, 0.25) is 0 Å². The zero-order chi connectivity index (χ0) is 14.3. The van der Waals surface area contributed by atoms with Gasteiger partial charge in [-0.25, -0.2) is 0 Å². The predicted octanol–water partition coefficient (Wildman–Crippen LogP) is 4.54. The normalized spacial score (nSPS) is 10.9. The van der Waals surface area contributed by atoms with E-state index in [-0.39, 0.29) is 5.78 Å². The molecule has 102 valence electrons. The van der Waals surface area contributed by atoms with E-state index in [4.69, 9.17) is 4.74 Å². The van der Waals surface area contributed by atoms with Crippen LogP contribution in [0.4, 0.5) is 0 Å². The van der Waals surface area contributed by atoms with Crippen molar-refractivity contribution in [3.05, 3.63) is 50.3 Å². The van der Waals surface area contributed by atoms with E-state index < -0.39 is 0 Å². The van der Waals surface area contributed by atoms with Gasteiger partial charge in [0.05, 0.1) is 15.8 Å². The molecule has 0 spiro atoms. The molecule has 0 aliphatic heterocycles. The lowest BCUT2D eigenvalue weighted by Gasteiger charge is -2.00. The lowest BCUT2D eigenvalue weighted by Crippen LogP contribution is -1.97. The summed E-state index contributed by atoms with van der Waals surface area (Å²) < 4.78 is 6.22. The number of rotatable bonds is 3. The van der Waals surface area contributed by atoms with Crippen LogP contribution in [0.5, 0.6) is 5.75 Å². The van der Waals surface area contributed by atoms with Gasteiger partial charge >= 0.3 is 0 Å². The number of nitrogens with one attached hydrogen (secondary N) is 1. The molecule has 0 fully saturated rings. The van der Waals surface area contributed by atoms with Crippen LogP contribution in [-0.2, 0) is 0 Å².